The van der Waals surface area contributed by atoms with Gasteiger partial charge >= 0.3 is 0 Å². The molecule has 7 nitrogen and oxygen atoms in total. The van der Waals surface area contributed by atoms with Crippen LogP contribution < -0.4 is 14.8 Å². The lowest BCUT2D eigenvalue weighted by Gasteiger charge is -2.20. The van der Waals surface area contributed by atoms with Gasteiger partial charge in [0.15, 0.2) is 11.5 Å². The Morgan fingerprint density at radius 2 is 1.87 bits per heavy atom. The molecule has 0 bridgehead atoms. The van der Waals surface area contributed by atoms with E-state index in [0.717, 1.165) is 16.1 Å². The third kappa shape index (κ3) is 7.00. The number of hydrogen-bond donors (Lipinski definition) is 1. The van der Waals surface area contributed by atoms with Crippen LogP contribution in [0.4, 0.5) is 4.39 Å². The van der Waals surface area contributed by atoms with Gasteiger partial charge in [-0.1, -0.05) is 24.3 Å². The number of carbonyl (C=O) groups excluding carboxylic acids is 1. The molecule has 1 N–H and O–H groups in total. The zero-order chi connectivity index (χ0) is 22.3. The van der Waals surface area contributed by atoms with Crippen LogP contribution in [0.25, 0.3) is 0 Å². The molecule has 0 aliphatic carbocycles. The van der Waals surface area contributed by atoms with E-state index in [-0.39, 0.29) is 24.8 Å². The summed E-state index contributed by atoms with van der Waals surface area (Å²) in [6, 6.07) is 11.1. The van der Waals surface area contributed by atoms with Crippen LogP contribution in [-0.4, -0.2) is 44.6 Å². The molecule has 2 aromatic carbocycles. The summed E-state index contributed by atoms with van der Waals surface area (Å²) in [5.74, 6) is 0.101. The van der Waals surface area contributed by atoms with E-state index in [1.54, 1.807) is 24.3 Å². The van der Waals surface area contributed by atoms with Crippen molar-refractivity contribution in [2.75, 3.05) is 19.9 Å². The quantitative estimate of drug-likeness (QED) is 0.617. The lowest BCUT2D eigenvalue weighted by atomic mass is 10.2. The maximum atomic E-state index is 13.9. The van der Waals surface area contributed by atoms with Crippen molar-refractivity contribution in [2.45, 2.75) is 33.0 Å². The number of carbonyl (C=O) groups is 1. The van der Waals surface area contributed by atoms with Crippen LogP contribution in [0.2, 0.25) is 0 Å². The van der Waals surface area contributed by atoms with Crippen LogP contribution in [0.3, 0.4) is 0 Å². The maximum absolute atomic E-state index is 13.9. The molecule has 9 heteroatoms. The Bertz CT molecular complexity index is 979. The molecule has 0 aromatic heterocycles. The number of amides is 1. The van der Waals surface area contributed by atoms with Crippen molar-refractivity contribution in [3.63, 3.8) is 0 Å². The minimum absolute atomic E-state index is 0.0131. The first-order chi connectivity index (χ1) is 14.1. The van der Waals surface area contributed by atoms with Gasteiger partial charge in [-0.15, -0.1) is 0 Å². The van der Waals surface area contributed by atoms with Crippen LogP contribution >= 0.6 is 0 Å². The Balaban J connectivity index is 2.03. The van der Waals surface area contributed by atoms with Gasteiger partial charge in [-0.05, 0) is 37.6 Å². The third-order valence-electron chi connectivity index (χ3n) is 4.17. The molecule has 0 heterocycles. The maximum Gasteiger partial charge on any atom is 0.235 e. The number of sulfonamides is 1. The molecule has 0 radical (unpaired) electrons. The lowest BCUT2D eigenvalue weighted by molar-refractivity contribution is -0.121. The average Bonchev–Trinajstić information content (AvgIpc) is 2.67. The number of nitrogens with zero attached hydrogens (tertiary/aromatic N) is 1. The van der Waals surface area contributed by atoms with E-state index in [1.165, 1.54) is 25.3 Å². The van der Waals surface area contributed by atoms with Gasteiger partial charge in [-0.2, -0.15) is 4.31 Å². The minimum atomic E-state index is -3.72. The largest absolute Gasteiger partial charge is 0.493 e. The molecule has 0 spiro atoms. The van der Waals surface area contributed by atoms with Crippen LogP contribution in [-0.2, 0) is 27.9 Å². The first kappa shape index (κ1) is 23.6. The predicted octanol–water partition coefficient (Wildman–Crippen LogP) is 2.70. The van der Waals surface area contributed by atoms with Gasteiger partial charge < -0.3 is 14.8 Å². The highest BCUT2D eigenvalue weighted by Gasteiger charge is 2.21. The van der Waals surface area contributed by atoms with Gasteiger partial charge in [0.2, 0.25) is 15.9 Å². The standard InChI is InChI=1S/C21H27FN2O5S/c1-15(2)29-19-10-9-16(11-20(19)28-3)12-23-21(25)14-24(30(4,26)27)13-17-7-5-6-8-18(17)22/h5-11,15H,12-14H2,1-4H3,(H,23,25). The van der Waals surface area contributed by atoms with Crippen LogP contribution in [0, 0.1) is 5.82 Å². The Hall–Kier alpha value is -2.65. The van der Waals surface area contributed by atoms with Crippen molar-refractivity contribution in [2.24, 2.45) is 0 Å². The summed E-state index contributed by atoms with van der Waals surface area (Å²) in [5.41, 5.74) is 0.956. The van der Waals surface area contributed by atoms with Crippen molar-refractivity contribution >= 4 is 15.9 Å². The summed E-state index contributed by atoms with van der Waals surface area (Å²) in [7, 11) is -2.19. The molecular weight excluding hydrogens is 411 g/mol. The summed E-state index contributed by atoms with van der Waals surface area (Å²) >= 11 is 0. The molecule has 0 saturated carbocycles. The average molecular weight is 439 g/mol. The summed E-state index contributed by atoms with van der Waals surface area (Å²) in [5, 5.41) is 2.68. The molecule has 0 aliphatic heterocycles. The van der Waals surface area contributed by atoms with Gasteiger partial charge in [0, 0.05) is 18.7 Å². The molecule has 30 heavy (non-hydrogen) atoms. The van der Waals surface area contributed by atoms with E-state index in [2.05, 4.69) is 5.32 Å². The highest BCUT2D eigenvalue weighted by molar-refractivity contribution is 7.88. The van der Waals surface area contributed by atoms with Gasteiger partial charge in [-0.3, -0.25) is 4.79 Å². The van der Waals surface area contributed by atoms with E-state index in [9.17, 15) is 17.6 Å². The zero-order valence-electron chi connectivity index (χ0n) is 17.5. The van der Waals surface area contributed by atoms with Gasteiger partial charge in [-0.25, -0.2) is 12.8 Å². The third-order valence-corrected chi connectivity index (χ3v) is 5.37. The van der Waals surface area contributed by atoms with Crippen LogP contribution in [0.15, 0.2) is 42.5 Å². The molecule has 164 valence electrons. The molecule has 0 saturated heterocycles. The summed E-state index contributed by atoms with van der Waals surface area (Å²) in [6.07, 6.45) is 0.972. The molecular formula is C21H27FN2O5S. The fourth-order valence-electron chi connectivity index (χ4n) is 2.70. The summed E-state index contributed by atoms with van der Waals surface area (Å²) in [6.45, 7) is 3.34. The number of halogens is 1. The second-order valence-electron chi connectivity index (χ2n) is 7.05. The summed E-state index contributed by atoms with van der Waals surface area (Å²) in [4.78, 5) is 12.3. The van der Waals surface area contributed by atoms with Gasteiger partial charge in [0.05, 0.1) is 26.0 Å². The highest BCUT2D eigenvalue weighted by Crippen LogP contribution is 2.28. The summed E-state index contributed by atoms with van der Waals surface area (Å²) < 4.78 is 49.9. The van der Waals surface area contributed by atoms with Crippen molar-refractivity contribution in [3.05, 3.63) is 59.4 Å². The number of benzene rings is 2. The van der Waals surface area contributed by atoms with Crippen LogP contribution in [0.1, 0.15) is 25.0 Å². The minimum Gasteiger partial charge on any atom is -0.493 e. The van der Waals surface area contributed by atoms with Crippen molar-refractivity contribution in [3.8, 4) is 11.5 Å². The monoisotopic (exact) mass is 438 g/mol. The Morgan fingerprint density at radius 1 is 1.17 bits per heavy atom. The van der Waals surface area contributed by atoms with Crippen LogP contribution in [0.5, 0.6) is 11.5 Å². The fraction of sp³-hybridized carbons (Fsp3) is 0.381. The first-order valence-electron chi connectivity index (χ1n) is 9.39. The van der Waals surface area contributed by atoms with Crippen molar-refractivity contribution in [1.82, 2.24) is 9.62 Å². The smallest absolute Gasteiger partial charge is 0.235 e. The Morgan fingerprint density at radius 3 is 2.47 bits per heavy atom. The molecule has 0 fully saturated rings. The SMILES string of the molecule is COc1cc(CNC(=O)CN(Cc2ccccc2F)S(C)(=O)=O)ccc1OC(C)C. The van der Waals surface area contributed by atoms with E-state index in [0.29, 0.717) is 11.5 Å². The number of methoxy groups -OCH3 is 1. The number of ether oxygens (including phenoxy) is 2. The van der Waals surface area contributed by atoms with E-state index in [1.807, 2.05) is 13.8 Å². The van der Waals surface area contributed by atoms with Gasteiger partial charge in [0.25, 0.3) is 0 Å². The molecule has 0 unspecified atom stereocenters. The second-order valence-corrected chi connectivity index (χ2v) is 9.03. The van der Waals surface area contributed by atoms with Crippen molar-refractivity contribution in [1.29, 1.82) is 0 Å². The van der Waals surface area contributed by atoms with E-state index >= 15 is 0 Å². The van der Waals surface area contributed by atoms with Gasteiger partial charge in [0.1, 0.15) is 5.82 Å². The number of nitrogens with one attached hydrogen (secondary N) is 1. The topological polar surface area (TPSA) is 84.9 Å². The van der Waals surface area contributed by atoms with Crippen molar-refractivity contribution < 1.29 is 27.1 Å². The predicted molar refractivity (Wildman–Crippen MR) is 112 cm³/mol. The number of hydrogen-bond acceptors (Lipinski definition) is 5. The Labute approximate surface area is 176 Å². The fourth-order valence-corrected chi connectivity index (χ4v) is 3.42. The molecule has 2 rings (SSSR count). The second kappa shape index (κ2) is 10.4. The number of rotatable bonds is 10. The lowest BCUT2D eigenvalue weighted by Crippen LogP contribution is -2.39. The molecule has 1 amide bonds. The highest BCUT2D eigenvalue weighted by atomic mass is 32.2. The normalized spacial score (nSPS) is 11.6. The molecule has 0 aliphatic rings. The van der Waals surface area contributed by atoms with E-state index in [4.69, 9.17) is 9.47 Å². The zero-order valence-corrected chi connectivity index (χ0v) is 18.3. The molecule has 2 aromatic rings. The Kier molecular flexibility index (Phi) is 8.19. The van der Waals surface area contributed by atoms with E-state index < -0.39 is 28.3 Å². The molecule has 0 atom stereocenters. The first-order valence-corrected chi connectivity index (χ1v) is 11.2.